The first-order valence-corrected chi connectivity index (χ1v) is 12.5. The lowest BCUT2D eigenvalue weighted by Crippen LogP contribution is -2.50. The molecule has 0 bridgehead atoms. The van der Waals surface area contributed by atoms with Crippen LogP contribution in [-0.2, 0) is 14.4 Å². The highest BCUT2D eigenvalue weighted by atomic mass is 16.6. The Balaban J connectivity index is 1.44. The van der Waals surface area contributed by atoms with E-state index in [0.29, 0.717) is 17.2 Å². The molecule has 0 saturated carbocycles. The molecule has 202 valence electrons. The minimum atomic E-state index is -1.06. The second-order valence-corrected chi connectivity index (χ2v) is 9.66. The van der Waals surface area contributed by atoms with Gasteiger partial charge in [0.1, 0.15) is 17.5 Å². The number of benzene rings is 3. The number of ether oxygens (including phenoxy) is 2. The Bertz CT molecular complexity index is 1600. The minimum Gasteiger partial charge on any atom is -0.497 e. The lowest BCUT2D eigenvalue weighted by Gasteiger charge is -2.36. The molecule has 3 aromatic carbocycles. The molecule has 2 saturated heterocycles. The number of carbonyl (C=O) groups excluding carboxylic acids is 3. The Morgan fingerprint density at radius 3 is 2.48 bits per heavy atom. The molecule has 0 aromatic heterocycles. The van der Waals surface area contributed by atoms with Crippen LogP contribution >= 0.6 is 0 Å². The van der Waals surface area contributed by atoms with Gasteiger partial charge in [-0.2, -0.15) is 0 Å². The maximum atomic E-state index is 14.1. The van der Waals surface area contributed by atoms with E-state index in [-0.39, 0.29) is 11.4 Å². The molecule has 2 fully saturated rings. The number of hydrogen-bond donors (Lipinski definition) is 1. The van der Waals surface area contributed by atoms with E-state index >= 15 is 0 Å². The number of imide groups is 1. The molecule has 40 heavy (non-hydrogen) atoms. The Labute approximate surface area is 228 Å². The van der Waals surface area contributed by atoms with E-state index in [9.17, 15) is 24.5 Å². The summed E-state index contributed by atoms with van der Waals surface area (Å²) in [4.78, 5) is 55.5. The average Bonchev–Trinajstić information content (AvgIpc) is 3.45. The highest BCUT2D eigenvalue weighted by molar-refractivity contribution is 6.25. The van der Waals surface area contributed by atoms with Gasteiger partial charge >= 0.3 is 0 Å². The molecule has 3 aliphatic rings. The van der Waals surface area contributed by atoms with E-state index in [4.69, 9.17) is 9.47 Å². The van der Waals surface area contributed by atoms with Crippen molar-refractivity contribution in [1.82, 2.24) is 0 Å². The SMILES string of the molecule is COc1ccc(OC)c(NC(=O)[C@H]2[C@H]3C(=O)N(c4cccc([N+](=O)[O-])c4)C(=O)[C@H]3[C@@H]3C=Cc4ccccc4N32)c1. The fourth-order valence-corrected chi connectivity index (χ4v) is 5.93. The van der Waals surface area contributed by atoms with Gasteiger partial charge in [0.05, 0.1) is 48.4 Å². The number of rotatable bonds is 6. The van der Waals surface area contributed by atoms with Gasteiger partial charge in [-0.05, 0) is 29.8 Å². The van der Waals surface area contributed by atoms with Crippen molar-refractivity contribution in [2.45, 2.75) is 12.1 Å². The number of carbonyl (C=O) groups is 3. The number of nitrogens with one attached hydrogen (secondary N) is 1. The van der Waals surface area contributed by atoms with E-state index in [1.54, 1.807) is 18.2 Å². The Morgan fingerprint density at radius 1 is 0.950 bits per heavy atom. The first kappa shape index (κ1) is 25.1. The third-order valence-corrected chi connectivity index (χ3v) is 7.65. The van der Waals surface area contributed by atoms with Crippen molar-refractivity contribution in [2.24, 2.45) is 11.8 Å². The van der Waals surface area contributed by atoms with Gasteiger partial charge in [-0.15, -0.1) is 0 Å². The summed E-state index contributed by atoms with van der Waals surface area (Å²) in [5.41, 5.74) is 1.78. The normalized spacial score (nSPS) is 22.4. The largest absolute Gasteiger partial charge is 0.497 e. The molecule has 11 nitrogen and oxygen atoms in total. The third-order valence-electron chi connectivity index (χ3n) is 7.65. The van der Waals surface area contributed by atoms with Crippen molar-refractivity contribution in [2.75, 3.05) is 29.3 Å². The lowest BCUT2D eigenvalue weighted by molar-refractivity contribution is -0.384. The van der Waals surface area contributed by atoms with E-state index in [2.05, 4.69) is 5.32 Å². The molecule has 4 atom stereocenters. The molecule has 3 amide bonds. The Hall–Kier alpha value is -5.19. The average molecular weight is 541 g/mol. The molecular formula is C29H24N4O7. The number of non-ortho nitro benzene ring substituents is 1. The number of nitro benzene ring substituents is 1. The van der Waals surface area contributed by atoms with Gasteiger partial charge in [-0.3, -0.25) is 24.5 Å². The van der Waals surface area contributed by atoms with Crippen molar-refractivity contribution in [1.29, 1.82) is 0 Å². The van der Waals surface area contributed by atoms with Crippen LogP contribution in [0.25, 0.3) is 6.08 Å². The predicted molar refractivity (Wildman–Crippen MR) is 146 cm³/mol. The first-order chi connectivity index (χ1) is 19.3. The topological polar surface area (TPSA) is 131 Å². The highest BCUT2D eigenvalue weighted by Crippen LogP contribution is 2.49. The highest BCUT2D eigenvalue weighted by Gasteiger charge is 2.64. The summed E-state index contributed by atoms with van der Waals surface area (Å²) in [6.07, 6.45) is 3.72. The van der Waals surface area contributed by atoms with Crippen molar-refractivity contribution < 1.29 is 28.8 Å². The monoisotopic (exact) mass is 540 g/mol. The summed E-state index contributed by atoms with van der Waals surface area (Å²) in [6, 6.07) is 16.2. The van der Waals surface area contributed by atoms with E-state index < -0.39 is 46.6 Å². The maximum absolute atomic E-state index is 14.1. The van der Waals surface area contributed by atoms with Crippen LogP contribution in [0.15, 0.2) is 72.8 Å². The van der Waals surface area contributed by atoms with Gasteiger partial charge in [-0.1, -0.05) is 36.4 Å². The lowest BCUT2D eigenvalue weighted by atomic mass is 9.88. The molecular weight excluding hydrogens is 516 g/mol. The Kier molecular flexibility index (Phi) is 5.98. The van der Waals surface area contributed by atoms with Gasteiger partial charge in [-0.25, -0.2) is 4.90 Å². The number of anilines is 3. The van der Waals surface area contributed by atoms with Crippen LogP contribution in [0.3, 0.4) is 0 Å². The van der Waals surface area contributed by atoms with Crippen LogP contribution in [0.2, 0.25) is 0 Å². The summed E-state index contributed by atoms with van der Waals surface area (Å²) >= 11 is 0. The van der Waals surface area contributed by atoms with Crippen LogP contribution in [0.1, 0.15) is 5.56 Å². The van der Waals surface area contributed by atoms with E-state index in [1.165, 1.54) is 38.5 Å². The van der Waals surface area contributed by atoms with Crippen molar-refractivity contribution in [3.63, 3.8) is 0 Å². The number of para-hydroxylation sites is 1. The molecule has 3 aromatic rings. The second-order valence-electron chi connectivity index (χ2n) is 9.66. The molecule has 0 radical (unpaired) electrons. The van der Waals surface area contributed by atoms with Gasteiger partial charge < -0.3 is 19.7 Å². The van der Waals surface area contributed by atoms with Gasteiger partial charge in [0.2, 0.25) is 17.7 Å². The van der Waals surface area contributed by atoms with Crippen molar-refractivity contribution in [3.05, 3.63) is 88.5 Å². The zero-order chi connectivity index (χ0) is 28.1. The summed E-state index contributed by atoms with van der Waals surface area (Å²) < 4.78 is 10.7. The Morgan fingerprint density at radius 2 is 1.73 bits per heavy atom. The molecule has 11 heteroatoms. The van der Waals surface area contributed by atoms with Crippen LogP contribution < -0.4 is 24.6 Å². The first-order valence-electron chi connectivity index (χ1n) is 12.5. The third kappa shape index (κ3) is 3.77. The molecule has 0 spiro atoms. The standard InChI is InChI=1S/C29H24N4O7/c1-39-19-11-13-23(40-2)20(15-19)30-27(34)26-25-24(22-12-10-16-6-3-4-9-21(16)32(22)26)28(35)31(29(25)36)17-7-5-8-18(14-17)33(37)38/h3-15,22,24-26H,1-2H3,(H,30,34)/t22-,24-,25-,26+/m0/s1. The second kappa shape index (κ2) is 9.53. The van der Waals surface area contributed by atoms with Gasteiger partial charge in [0.15, 0.2) is 0 Å². The molecule has 0 unspecified atom stereocenters. The molecule has 6 rings (SSSR count). The fraction of sp³-hybridized carbons (Fsp3) is 0.207. The van der Waals surface area contributed by atoms with Crippen LogP contribution in [-0.4, -0.2) is 48.9 Å². The smallest absolute Gasteiger partial charge is 0.271 e. The number of methoxy groups -OCH3 is 2. The number of nitrogens with zero attached hydrogens (tertiary/aromatic N) is 3. The minimum absolute atomic E-state index is 0.0963. The van der Waals surface area contributed by atoms with Gasteiger partial charge in [0.25, 0.3) is 5.69 Å². The van der Waals surface area contributed by atoms with Crippen LogP contribution in [0.5, 0.6) is 11.5 Å². The van der Waals surface area contributed by atoms with Gasteiger partial charge in [0, 0.05) is 23.9 Å². The predicted octanol–water partition coefficient (Wildman–Crippen LogP) is 3.64. The zero-order valence-electron chi connectivity index (χ0n) is 21.5. The molecule has 3 heterocycles. The van der Waals surface area contributed by atoms with Crippen molar-refractivity contribution in [3.8, 4) is 11.5 Å². The van der Waals surface area contributed by atoms with Crippen LogP contribution in [0.4, 0.5) is 22.7 Å². The maximum Gasteiger partial charge on any atom is 0.271 e. The van der Waals surface area contributed by atoms with Crippen molar-refractivity contribution >= 4 is 46.5 Å². The summed E-state index contributed by atoms with van der Waals surface area (Å²) in [6.45, 7) is 0. The molecule has 0 aliphatic carbocycles. The van der Waals surface area contributed by atoms with Crippen LogP contribution in [0, 0.1) is 22.0 Å². The number of hydrogen-bond acceptors (Lipinski definition) is 8. The molecule has 3 aliphatic heterocycles. The summed E-state index contributed by atoms with van der Waals surface area (Å²) in [7, 11) is 2.97. The molecule has 1 N–H and O–H groups in total. The van der Waals surface area contributed by atoms with E-state index in [0.717, 1.165) is 16.2 Å². The summed E-state index contributed by atoms with van der Waals surface area (Å²) in [5.74, 6) is -2.63. The number of fused-ring (bicyclic) bond motifs is 5. The quantitative estimate of drug-likeness (QED) is 0.285. The number of amides is 3. The number of nitro groups is 1. The van der Waals surface area contributed by atoms with E-state index in [1.807, 2.05) is 41.3 Å². The fourth-order valence-electron chi connectivity index (χ4n) is 5.93. The summed E-state index contributed by atoms with van der Waals surface area (Å²) in [5, 5.41) is 14.3. The zero-order valence-corrected chi connectivity index (χ0v) is 21.5.